The molecule has 1 aliphatic heterocycles. The Labute approximate surface area is 102 Å². The van der Waals surface area contributed by atoms with Crippen LogP contribution in [0, 0.1) is 5.92 Å². The van der Waals surface area contributed by atoms with E-state index in [0.717, 1.165) is 39.1 Å². The molecule has 0 saturated carbocycles. The third-order valence-electron chi connectivity index (χ3n) is 2.77. The predicted octanol–water partition coefficient (Wildman–Crippen LogP) is 1.75. The van der Waals surface area contributed by atoms with Gasteiger partial charge in [-0.1, -0.05) is 13.8 Å². The minimum atomic E-state index is 0.707. The summed E-state index contributed by atoms with van der Waals surface area (Å²) in [5.74, 6) is 0.707. The molecule has 0 bridgehead atoms. The Bertz CT molecular complexity index is 316. The van der Waals surface area contributed by atoms with Gasteiger partial charge in [0, 0.05) is 50.2 Å². The summed E-state index contributed by atoms with van der Waals surface area (Å²) in [7, 11) is 0. The number of hydrogen-bond donors (Lipinski definition) is 1. The van der Waals surface area contributed by atoms with Crippen LogP contribution in [0.2, 0.25) is 0 Å². The molecule has 2 heterocycles. The van der Waals surface area contributed by atoms with Gasteiger partial charge in [0.15, 0.2) is 0 Å². The fourth-order valence-electron chi connectivity index (χ4n) is 1.95. The van der Waals surface area contributed by atoms with Crippen LogP contribution >= 0.6 is 11.3 Å². The molecule has 16 heavy (non-hydrogen) atoms. The SMILES string of the molecule is CC(C)Cc1ncc(CN2CCNCC2)s1. The van der Waals surface area contributed by atoms with Crippen molar-refractivity contribution in [2.45, 2.75) is 26.8 Å². The second kappa shape index (κ2) is 5.75. The molecule has 0 aliphatic carbocycles. The first kappa shape index (κ1) is 12.0. The highest BCUT2D eigenvalue weighted by atomic mass is 32.1. The predicted molar refractivity (Wildman–Crippen MR) is 68.8 cm³/mol. The smallest absolute Gasteiger partial charge is 0.0930 e. The van der Waals surface area contributed by atoms with Crippen LogP contribution in [0.25, 0.3) is 0 Å². The van der Waals surface area contributed by atoms with Crippen molar-refractivity contribution < 1.29 is 0 Å². The van der Waals surface area contributed by atoms with Crippen LogP contribution in [-0.4, -0.2) is 36.1 Å². The van der Waals surface area contributed by atoms with Gasteiger partial charge in [0.05, 0.1) is 5.01 Å². The van der Waals surface area contributed by atoms with Gasteiger partial charge in [-0.05, 0) is 5.92 Å². The Morgan fingerprint density at radius 3 is 2.88 bits per heavy atom. The molecular formula is C12H21N3S. The first-order valence-electron chi connectivity index (χ1n) is 6.10. The van der Waals surface area contributed by atoms with E-state index in [1.54, 1.807) is 0 Å². The normalized spacial score (nSPS) is 18.2. The molecule has 1 aliphatic rings. The molecule has 0 radical (unpaired) electrons. The molecule has 1 aromatic rings. The lowest BCUT2D eigenvalue weighted by Crippen LogP contribution is -2.42. The van der Waals surface area contributed by atoms with Gasteiger partial charge in [0.25, 0.3) is 0 Å². The average Bonchev–Trinajstić information content (AvgIpc) is 2.66. The van der Waals surface area contributed by atoms with E-state index >= 15 is 0 Å². The summed E-state index contributed by atoms with van der Waals surface area (Å²) < 4.78 is 0. The molecule has 1 N–H and O–H groups in total. The molecule has 1 fully saturated rings. The largest absolute Gasteiger partial charge is 0.314 e. The van der Waals surface area contributed by atoms with Gasteiger partial charge in [-0.3, -0.25) is 4.90 Å². The molecule has 1 aromatic heterocycles. The molecule has 0 amide bonds. The van der Waals surface area contributed by atoms with Gasteiger partial charge in [-0.15, -0.1) is 11.3 Å². The van der Waals surface area contributed by atoms with Crippen molar-refractivity contribution in [2.24, 2.45) is 5.92 Å². The van der Waals surface area contributed by atoms with E-state index in [0.29, 0.717) is 5.92 Å². The first-order valence-corrected chi connectivity index (χ1v) is 6.92. The maximum atomic E-state index is 4.50. The first-order chi connectivity index (χ1) is 7.74. The summed E-state index contributed by atoms with van der Waals surface area (Å²) in [6, 6.07) is 0. The van der Waals surface area contributed by atoms with Crippen molar-refractivity contribution in [2.75, 3.05) is 26.2 Å². The van der Waals surface area contributed by atoms with Gasteiger partial charge in [0.2, 0.25) is 0 Å². The highest BCUT2D eigenvalue weighted by Gasteiger charge is 2.12. The van der Waals surface area contributed by atoms with Crippen LogP contribution in [0.3, 0.4) is 0 Å². The third kappa shape index (κ3) is 3.54. The summed E-state index contributed by atoms with van der Waals surface area (Å²) in [6.07, 6.45) is 3.18. The van der Waals surface area contributed by atoms with Gasteiger partial charge in [-0.25, -0.2) is 4.98 Å². The fraction of sp³-hybridized carbons (Fsp3) is 0.750. The molecule has 2 rings (SSSR count). The van der Waals surface area contributed by atoms with Crippen LogP contribution < -0.4 is 5.32 Å². The summed E-state index contributed by atoms with van der Waals surface area (Å²) in [4.78, 5) is 8.42. The molecule has 0 unspecified atom stereocenters. The summed E-state index contributed by atoms with van der Waals surface area (Å²) in [5, 5.41) is 4.67. The van der Waals surface area contributed by atoms with E-state index in [-0.39, 0.29) is 0 Å². The Morgan fingerprint density at radius 1 is 1.44 bits per heavy atom. The van der Waals surface area contributed by atoms with E-state index < -0.39 is 0 Å². The van der Waals surface area contributed by atoms with Crippen molar-refractivity contribution in [3.63, 3.8) is 0 Å². The molecule has 0 atom stereocenters. The zero-order chi connectivity index (χ0) is 11.4. The number of piperazine rings is 1. The van der Waals surface area contributed by atoms with Crippen LogP contribution in [0.5, 0.6) is 0 Å². The zero-order valence-electron chi connectivity index (χ0n) is 10.2. The van der Waals surface area contributed by atoms with Crippen molar-refractivity contribution in [1.82, 2.24) is 15.2 Å². The Hall–Kier alpha value is -0.450. The number of hydrogen-bond acceptors (Lipinski definition) is 4. The van der Waals surface area contributed by atoms with E-state index in [9.17, 15) is 0 Å². The van der Waals surface area contributed by atoms with E-state index in [1.165, 1.54) is 9.88 Å². The maximum Gasteiger partial charge on any atom is 0.0930 e. The highest BCUT2D eigenvalue weighted by Crippen LogP contribution is 2.18. The number of thiazole rings is 1. The van der Waals surface area contributed by atoms with Gasteiger partial charge >= 0.3 is 0 Å². The quantitative estimate of drug-likeness (QED) is 0.867. The van der Waals surface area contributed by atoms with Crippen LogP contribution in [0.1, 0.15) is 23.7 Å². The molecule has 3 nitrogen and oxygen atoms in total. The minimum absolute atomic E-state index is 0.707. The zero-order valence-corrected chi connectivity index (χ0v) is 11.0. The third-order valence-corrected chi connectivity index (χ3v) is 3.78. The topological polar surface area (TPSA) is 28.2 Å². The standard InChI is InChI=1S/C12H21N3S/c1-10(2)7-12-14-8-11(16-12)9-15-5-3-13-4-6-15/h8,10,13H,3-7,9H2,1-2H3. The average molecular weight is 239 g/mol. The van der Waals surface area contributed by atoms with E-state index in [4.69, 9.17) is 0 Å². The van der Waals surface area contributed by atoms with Crippen molar-refractivity contribution in [1.29, 1.82) is 0 Å². The molecule has 4 heteroatoms. The maximum absolute atomic E-state index is 4.50. The van der Waals surface area contributed by atoms with Crippen molar-refractivity contribution in [3.8, 4) is 0 Å². The Morgan fingerprint density at radius 2 is 2.19 bits per heavy atom. The van der Waals surface area contributed by atoms with Crippen LogP contribution in [0.15, 0.2) is 6.20 Å². The number of nitrogens with zero attached hydrogens (tertiary/aromatic N) is 2. The monoisotopic (exact) mass is 239 g/mol. The van der Waals surface area contributed by atoms with Gasteiger partial charge in [-0.2, -0.15) is 0 Å². The molecule has 90 valence electrons. The summed E-state index contributed by atoms with van der Waals surface area (Å²) in [6.45, 7) is 10.1. The van der Waals surface area contributed by atoms with Crippen molar-refractivity contribution >= 4 is 11.3 Å². The summed E-state index contributed by atoms with van der Waals surface area (Å²) in [5.41, 5.74) is 0. The number of rotatable bonds is 4. The van der Waals surface area contributed by atoms with Crippen LogP contribution in [0.4, 0.5) is 0 Å². The van der Waals surface area contributed by atoms with Crippen molar-refractivity contribution in [3.05, 3.63) is 16.1 Å². The fourth-order valence-corrected chi connectivity index (χ4v) is 3.13. The highest BCUT2D eigenvalue weighted by molar-refractivity contribution is 7.11. The molecule has 0 aromatic carbocycles. The van der Waals surface area contributed by atoms with E-state index in [1.807, 2.05) is 11.3 Å². The molecular weight excluding hydrogens is 218 g/mol. The van der Waals surface area contributed by atoms with Gasteiger partial charge < -0.3 is 5.32 Å². The van der Waals surface area contributed by atoms with E-state index in [2.05, 4.69) is 35.2 Å². The second-order valence-corrected chi connectivity index (χ2v) is 6.04. The number of aromatic nitrogens is 1. The Kier molecular flexibility index (Phi) is 4.32. The second-order valence-electron chi connectivity index (χ2n) is 4.84. The molecule has 1 saturated heterocycles. The summed E-state index contributed by atoms with van der Waals surface area (Å²) >= 11 is 1.88. The lowest BCUT2D eigenvalue weighted by atomic mass is 10.1. The van der Waals surface area contributed by atoms with Crippen LogP contribution in [-0.2, 0) is 13.0 Å². The minimum Gasteiger partial charge on any atom is -0.314 e. The number of nitrogens with one attached hydrogen (secondary N) is 1. The lowest BCUT2D eigenvalue weighted by molar-refractivity contribution is 0.235. The lowest BCUT2D eigenvalue weighted by Gasteiger charge is -2.26. The van der Waals surface area contributed by atoms with Gasteiger partial charge in [0.1, 0.15) is 0 Å². The Balaban J connectivity index is 1.86. The molecule has 0 spiro atoms.